The Morgan fingerprint density at radius 2 is 2.31 bits per heavy atom. The summed E-state index contributed by atoms with van der Waals surface area (Å²) in [5, 5.41) is 8.49. The van der Waals surface area contributed by atoms with Crippen LogP contribution in [-0.4, -0.2) is 26.0 Å². The van der Waals surface area contributed by atoms with Gasteiger partial charge in [-0.2, -0.15) is 0 Å². The van der Waals surface area contributed by atoms with Crippen molar-refractivity contribution >= 4 is 17.0 Å². The molecule has 0 aromatic carbocycles. The van der Waals surface area contributed by atoms with Crippen LogP contribution in [0.2, 0.25) is 0 Å². The molecule has 0 unspecified atom stereocenters. The highest BCUT2D eigenvalue weighted by molar-refractivity contribution is 5.73. The number of aliphatic carboxylic acids is 1. The molecule has 2 heterocycles. The van der Waals surface area contributed by atoms with Crippen molar-refractivity contribution in [2.75, 3.05) is 0 Å². The summed E-state index contributed by atoms with van der Waals surface area (Å²) in [4.78, 5) is 21.9. The number of nitrogens with one attached hydrogen (secondary N) is 1. The Labute approximate surface area is 92.5 Å². The first-order valence-corrected chi connectivity index (χ1v) is 5.26. The minimum absolute atomic E-state index is 0.224. The molecule has 2 N–H and O–H groups in total. The van der Waals surface area contributed by atoms with Crippen LogP contribution < -0.4 is 0 Å². The van der Waals surface area contributed by atoms with Gasteiger partial charge in [0.25, 0.3) is 0 Å². The fourth-order valence-corrected chi connectivity index (χ4v) is 1.60. The van der Waals surface area contributed by atoms with Crippen LogP contribution in [0.4, 0.5) is 0 Å². The molecule has 0 radical (unpaired) electrons. The van der Waals surface area contributed by atoms with Gasteiger partial charge in [-0.1, -0.05) is 0 Å². The van der Waals surface area contributed by atoms with E-state index in [1.807, 2.05) is 6.07 Å². The molecule has 2 rings (SSSR count). The molecule has 0 aliphatic carbocycles. The van der Waals surface area contributed by atoms with Crippen molar-refractivity contribution < 1.29 is 9.90 Å². The molecule has 0 fully saturated rings. The highest BCUT2D eigenvalue weighted by Gasteiger charge is 2.02. The fraction of sp³-hybridized carbons (Fsp3) is 0.364. The molecule has 0 amide bonds. The Morgan fingerprint density at radius 3 is 3.06 bits per heavy atom. The maximum atomic E-state index is 10.3. The fourth-order valence-electron chi connectivity index (χ4n) is 1.60. The molecule has 0 saturated heterocycles. The van der Waals surface area contributed by atoms with Crippen molar-refractivity contribution in [2.45, 2.75) is 25.7 Å². The molecule has 5 heteroatoms. The third kappa shape index (κ3) is 2.56. The zero-order valence-corrected chi connectivity index (χ0v) is 8.81. The van der Waals surface area contributed by atoms with Crippen LogP contribution in [0.3, 0.4) is 0 Å². The molecule has 5 nitrogen and oxygen atoms in total. The number of H-pyrrole nitrogens is 1. The van der Waals surface area contributed by atoms with Gasteiger partial charge in [0.05, 0.1) is 17.2 Å². The summed E-state index contributed by atoms with van der Waals surface area (Å²) in [6, 6.07) is 1.85. The molecule has 0 spiro atoms. The number of pyridine rings is 1. The number of aryl methyl sites for hydroxylation is 1. The molecular formula is C11H13N3O2. The summed E-state index contributed by atoms with van der Waals surface area (Å²) in [7, 11) is 0. The van der Waals surface area contributed by atoms with Crippen LogP contribution in [-0.2, 0) is 11.2 Å². The minimum Gasteiger partial charge on any atom is -0.481 e. The van der Waals surface area contributed by atoms with E-state index < -0.39 is 5.97 Å². The van der Waals surface area contributed by atoms with Gasteiger partial charge in [0.1, 0.15) is 5.82 Å². The van der Waals surface area contributed by atoms with Crippen molar-refractivity contribution in [1.82, 2.24) is 15.0 Å². The summed E-state index contributed by atoms with van der Waals surface area (Å²) in [6.45, 7) is 0. The van der Waals surface area contributed by atoms with Gasteiger partial charge < -0.3 is 10.1 Å². The second kappa shape index (κ2) is 4.74. The maximum absolute atomic E-state index is 10.3. The SMILES string of the molecule is O=C(O)CCCCc1nc2ccncc2[nH]1. The third-order valence-corrected chi connectivity index (χ3v) is 2.39. The Hall–Kier alpha value is -1.91. The molecule has 2 aromatic heterocycles. The average Bonchev–Trinajstić information content (AvgIpc) is 2.66. The molecule has 0 bridgehead atoms. The normalized spacial score (nSPS) is 10.8. The number of nitrogens with zero attached hydrogens (tertiary/aromatic N) is 2. The number of rotatable bonds is 5. The van der Waals surface area contributed by atoms with Crippen molar-refractivity contribution in [3.05, 3.63) is 24.3 Å². The lowest BCUT2D eigenvalue weighted by atomic mass is 10.2. The van der Waals surface area contributed by atoms with Crippen molar-refractivity contribution in [2.24, 2.45) is 0 Å². The van der Waals surface area contributed by atoms with E-state index in [2.05, 4.69) is 15.0 Å². The van der Waals surface area contributed by atoms with Gasteiger partial charge in [-0.25, -0.2) is 4.98 Å². The van der Waals surface area contributed by atoms with E-state index in [-0.39, 0.29) is 6.42 Å². The highest BCUT2D eigenvalue weighted by atomic mass is 16.4. The van der Waals surface area contributed by atoms with E-state index in [1.165, 1.54) is 0 Å². The van der Waals surface area contributed by atoms with E-state index >= 15 is 0 Å². The number of carboxylic acid groups (broad SMARTS) is 1. The summed E-state index contributed by atoms with van der Waals surface area (Å²) in [6.07, 6.45) is 5.97. The first kappa shape index (κ1) is 10.6. The van der Waals surface area contributed by atoms with E-state index in [9.17, 15) is 4.79 Å². The number of hydrogen-bond donors (Lipinski definition) is 2. The van der Waals surface area contributed by atoms with Gasteiger partial charge in [0, 0.05) is 19.0 Å². The average molecular weight is 219 g/mol. The quantitative estimate of drug-likeness (QED) is 0.751. The third-order valence-electron chi connectivity index (χ3n) is 2.39. The van der Waals surface area contributed by atoms with Gasteiger partial charge in [-0.05, 0) is 18.9 Å². The maximum Gasteiger partial charge on any atom is 0.303 e. The van der Waals surface area contributed by atoms with E-state index in [0.29, 0.717) is 6.42 Å². The Balaban J connectivity index is 1.92. The molecule has 84 valence electrons. The molecule has 0 aliphatic heterocycles. The number of carbonyl (C=O) groups is 1. The molecule has 0 aliphatic rings. The Bertz CT molecular complexity index is 460. The molecule has 2 aromatic rings. The van der Waals surface area contributed by atoms with Crippen molar-refractivity contribution in [3.63, 3.8) is 0 Å². The van der Waals surface area contributed by atoms with Crippen LogP contribution in [0.5, 0.6) is 0 Å². The van der Waals surface area contributed by atoms with Crippen LogP contribution in [0.1, 0.15) is 25.1 Å². The molecule has 16 heavy (non-hydrogen) atoms. The zero-order valence-electron chi connectivity index (χ0n) is 8.81. The van der Waals surface area contributed by atoms with Gasteiger partial charge in [0.2, 0.25) is 0 Å². The number of carboxylic acids is 1. The largest absolute Gasteiger partial charge is 0.481 e. The van der Waals surface area contributed by atoms with E-state index in [0.717, 1.165) is 29.7 Å². The topological polar surface area (TPSA) is 78.9 Å². The van der Waals surface area contributed by atoms with Gasteiger partial charge in [-0.3, -0.25) is 9.78 Å². The second-order valence-corrected chi connectivity index (χ2v) is 3.68. The number of fused-ring (bicyclic) bond motifs is 1. The Morgan fingerprint density at radius 1 is 1.44 bits per heavy atom. The summed E-state index contributed by atoms with van der Waals surface area (Å²) in [5.74, 6) is 0.155. The summed E-state index contributed by atoms with van der Waals surface area (Å²) < 4.78 is 0. The van der Waals surface area contributed by atoms with E-state index in [1.54, 1.807) is 12.4 Å². The molecule has 0 atom stereocenters. The highest BCUT2D eigenvalue weighted by Crippen LogP contribution is 2.11. The lowest BCUT2D eigenvalue weighted by molar-refractivity contribution is -0.137. The number of aromatic nitrogens is 3. The first-order valence-electron chi connectivity index (χ1n) is 5.26. The second-order valence-electron chi connectivity index (χ2n) is 3.68. The van der Waals surface area contributed by atoms with Gasteiger partial charge >= 0.3 is 5.97 Å². The zero-order chi connectivity index (χ0) is 11.4. The summed E-state index contributed by atoms with van der Waals surface area (Å²) >= 11 is 0. The van der Waals surface area contributed by atoms with Crippen molar-refractivity contribution in [3.8, 4) is 0 Å². The lowest BCUT2D eigenvalue weighted by Crippen LogP contribution is -1.95. The number of imidazole rings is 1. The van der Waals surface area contributed by atoms with Crippen LogP contribution in [0.15, 0.2) is 18.5 Å². The standard InChI is InChI=1S/C11H13N3O2/c15-11(16)4-2-1-3-10-13-8-5-6-12-7-9(8)14-10/h5-7H,1-4H2,(H,13,14)(H,15,16). The van der Waals surface area contributed by atoms with Crippen LogP contribution in [0, 0.1) is 0 Å². The minimum atomic E-state index is -0.742. The smallest absolute Gasteiger partial charge is 0.303 e. The number of aromatic amines is 1. The predicted molar refractivity (Wildman–Crippen MR) is 59.1 cm³/mol. The van der Waals surface area contributed by atoms with Crippen LogP contribution >= 0.6 is 0 Å². The number of unbranched alkanes of at least 4 members (excludes halogenated alkanes) is 1. The number of hydrogen-bond acceptors (Lipinski definition) is 3. The lowest BCUT2D eigenvalue weighted by Gasteiger charge is -1.94. The van der Waals surface area contributed by atoms with Gasteiger partial charge in [-0.15, -0.1) is 0 Å². The Kier molecular flexibility index (Phi) is 3.14. The van der Waals surface area contributed by atoms with Crippen LogP contribution in [0.25, 0.3) is 11.0 Å². The molecular weight excluding hydrogens is 206 g/mol. The summed E-state index contributed by atoms with van der Waals surface area (Å²) in [5.41, 5.74) is 1.83. The first-order chi connectivity index (χ1) is 7.75. The monoisotopic (exact) mass is 219 g/mol. The van der Waals surface area contributed by atoms with E-state index in [4.69, 9.17) is 5.11 Å². The molecule has 0 saturated carbocycles. The predicted octanol–water partition coefficient (Wildman–Crippen LogP) is 1.76. The van der Waals surface area contributed by atoms with Crippen molar-refractivity contribution in [1.29, 1.82) is 0 Å². The van der Waals surface area contributed by atoms with Gasteiger partial charge in [0.15, 0.2) is 0 Å².